The number of hydrogen-bond donors (Lipinski definition) is 2. The number of carbonyl (C=O) groups is 1. The summed E-state index contributed by atoms with van der Waals surface area (Å²) in [5, 5.41) is 6.58. The summed E-state index contributed by atoms with van der Waals surface area (Å²) in [6.07, 6.45) is 2.11. The predicted molar refractivity (Wildman–Crippen MR) is 96.6 cm³/mol. The van der Waals surface area contributed by atoms with Crippen LogP contribution in [-0.2, 0) is 9.53 Å². The van der Waals surface area contributed by atoms with Gasteiger partial charge in [-0.15, -0.1) is 24.2 Å². The van der Waals surface area contributed by atoms with Crippen LogP contribution >= 0.6 is 24.2 Å². The summed E-state index contributed by atoms with van der Waals surface area (Å²) in [6.45, 7) is 3.43. The topological polar surface area (TPSA) is 50.4 Å². The fourth-order valence-corrected chi connectivity index (χ4v) is 4.64. The van der Waals surface area contributed by atoms with Gasteiger partial charge in [-0.1, -0.05) is 18.2 Å². The quantitative estimate of drug-likeness (QED) is 0.850. The van der Waals surface area contributed by atoms with Gasteiger partial charge >= 0.3 is 0 Å². The van der Waals surface area contributed by atoms with Gasteiger partial charge in [0.1, 0.15) is 0 Å². The van der Waals surface area contributed by atoms with Crippen LogP contribution in [0.2, 0.25) is 0 Å². The normalized spacial score (nSPS) is 22.0. The van der Waals surface area contributed by atoms with Crippen molar-refractivity contribution in [1.82, 2.24) is 10.6 Å². The molecular formula is C17H25ClN2O2S. The highest BCUT2D eigenvalue weighted by molar-refractivity contribution is 7.99. The molecule has 2 N–H and O–H groups in total. The van der Waals surface area contributed by atoms with Gasteiger partial charge in [0.15, 0.2) is 0 Å². The Morgan fingerprint density at radius 3 is 2.87 bits per heavy atom. The second-order valence-corrected chi connectivity index (χ2v) is 7.36. The van der Waals surface area contributed by atoms with Crippen molar-refractivity contribution in [2.24, 2.45) is 5.41 Å². The molecule has 1 saturated heterocycles. The number of amides is 1. The van der Waals surface area contributed by atoms with Crippen molar-refractivity contribution in [2.45, 2.75) is 23.7 Å². The Labute approximate surface area is 148 Å². The van der Waals surface area contributed by atoms with Crippen molar-refractivity contribution in [3.05, 3.63) is 29.8 Å². The maximum absolute atomic E-state index is 12.6. The zero-order valence-electron chi connectivity index (χ0n) is 13.5. The van der Waals surface area contributed by atoms with E-state index in [9.17, 15) is 4.79 Å². The molecule has 1 atom stereocenters. The van der Waals surface area contributed by atoms with E-state index in [1.54, 1.807) is 18.9 Å². The average molecular weight is 357 g/mol. The molecule has 23 heavy (non-hydrogen) atoms. The lowest BCUT2D eigenvalue weighted by Gasteiger charge is -2.37. The van der Waals surface area contributed by atoms with Gasteiger partial charge in [-0.2, -0.15) is 0 Å². The summed E-state index contributed by atoms with van der Waals surface area (Å²) in [5.41, 5.74) is 1.26. The van der Waals surface area contributed by atoms with Gasteiger partial charge in [-0.05, 0) is 37.6 Å². The van der Waals surface area contributed by atoms with Crippen molar-refractivity contribution >= 4 is 30.1 Å². The Kier molecular flexibility index (Phi) is 6.77. The second-order valence-electron chi connectivity index (χ2n) is 6.30. The summed E-state index contributed by atoms with van der Waals surface area (Å²) in [4.78, 5) is 13.9. The van der Waals surface area contributed by atoms with Crippen LogP contribution in [0.3, 0.4) is 0 Å². The van der Waals surface area contributed by atoms with Crippen LogP contribution in [0.4, 0.5) is 0 Å². The molecule has 3 rings (SSSR count). The third-order valence-corrected chi connectivity index (χ3v) is 5.95. The van der Waals surface area contributed by atoms with Crippen LogP contribution in [0.25, 0.3) is 0 Å². The number of carbonyl (C=O) groups excluding carboxylic acids is 1. The molecule has 0 bridgehead atoms. The molecule has 128 valence electrons. The number of hydrogen-bond acceptors (Lipinski definition) is 4. The molecular weight excluding hydrogens is 332 g/mol. The fraction of sp³-hybridized carbons (Fsp3) is 0.588. The minimum absolute atomic E-state index is 0. The number of nitrogens with one attached hydrogen (secondary N) is 2. The first kappa shape index (κ1) is 18.6. The van der Waals surface area contributed by atoms with Crippen molar-refractivity contribution < 1.29 is 9.53 Å². The lowest BCUT2D eigenvalue weighted by atomic mass is 9.79. The summed E-state index contributed by atoms with van der Waals surface area (Å²) in [6, 6.07) is 8.24. The van der Waals surface area contributed by atoms with Gasteiger partial charge in [0.05, 0.1) is 12.5 Å². The molecule has 1 aromatic carbocycles. The third-order valence-electron chi connectivity index (χ3n) is 4.77. The number of benzene rings is 1. The number of halogens is 1. The Balaban J connectivity index is 0.00000192. The molecule has 1 aromatic rings. The number of fused-ring (bicyclic) bond motifs is 1. The molecule has 1 amide bonds. The lowest BCUT2D eigenvalue weighted by Crippen LogP contribution is -2.48. The SMILES string of the molecule is COCC1(CNC(=O)C2CSc3ccccc32)CCNCC1.Cl. The van der Waals surface area contributed by atoms with Crippen molar-refractivity contribution in [2.75, 3.05) is 39.1 Å². The highest BCUT2D eigenvalue weighted by Gasteiger charge is 2.34. The van der Waals surface area contributed by atoms with Gasteiger partial charge in [0.2, 0.25) is 5.91 Å². The van der Waals surface area contributed by atoms with Gasteiger partial charge in [0.25, 0.3) is 0 Å². The summed E-state index contributed by atoms with van der Waals surface area (Å²) >= 11 is 1.78. The van der Waals surface area contributed by atoms with E-state index in [1.807, 2.05) is 12.1 Å². The largest absolute Gasteiger partial charge is 0.384 e. The second kappa shape index (κ2) is 8.38. The molecule has 0 radical (unpaired) electrons. The Morgan fingerprint density at radius 2 is 2.13 bits per heavy atom. The minimum atomic E-state index is -0.0116. The smallest absolute Gasteiger partial charge is 0.228 e. The van der Waals surface area contributed by atoms with Gasteiger partial charge in [-0.25, -0.2) is 0 Å². The molecule has 0 saturated carbocycles. The zero-order valence-corrected chi connectivity index (χ0v) is 15.1. The third kappa shape index (κ3) is 4.21. The number of rotatable bonds is 5. The van der Waals surface area contributed by atoms with Crippen LogP contribution in [0.15, 0.2) is 29.2 Å². The lowest BCUT2D eigenvalue weighted by molar-refractivity contribution is -0.123. The molecule has 4 nitrogen and oxygen atoms in total. The summed E-state index contributed by atoms with van der Waals surface area (Å²) in [5.74, 6) is 0.998. The predicted octanol–water partition coefficient (Wildman–Crippen LogP) is 2.43. The molecule has 1 unspecified atom stereocenters. The molecule has 1 fully saturated rings. The standard InChI is InChI=1S/C17H24N2O2S.ClH/c1-21-12-17(6-8-18-9-7-17)11-19-16(20)14-10-22-15-5-3-2-4-13(14)15;/h2-5,14,18H,6-12H2,1H3,(H,19,20);1H. The maximum atomic E-state index is 12.6. The molecule has 6 heteroatoms. The Morgan fingerprint density at radius 1 is 1.39 bits per heavy atom. The van der Waals surface area contributed by atoms with E-state index in [1.165, 1.54) is 10.5 Å². The van der Waals surface area contributed by atoms with Crippen LogP contribution in [0, 0.1) is 5.41 Å². The fourth-order valence-electron chi connectivity index (χ4n) is 3.41. The van der Waals surface area contributed by atoms with E-state index >= 15 is 0 Å². The highest BCUT2D eigenvalue weighted by Crippen LogP contribution is 2.39. The molecule has 0 aliphatic carbocycles. The first-order valence-electron chi connectivity index (χ1n) is 7.93. The number of ether oxygens (including phenoxy) is 1. The Bertz CT molecular complexity index is 530. The highest BCUT2D eigenvalue weighted by atomic mass is 35.5. The first-order chi connectivity index (χ1) is 10.7. The Hall–Kier alpha value is -0.750. The van der Waals surface area contributed by atoms with E-state index in [4.69, 9.17) is 4.74 Å². The molecule has 0 spiro atoms. The van der Waals surface area contributed by atoms with Gasteiger partial charge in [0, 0.05) is 29.7 Å². The molecule has 0 aromatic heterocycles. The van der Waals surface area contributed by atoms with Crippen LogP contribution in [0.1, 0.15) is 24.3 Å². The van der Waals surface area contributed by atoms with Gasteiger partial charge in [-0.3, -0.25) is 4.79 Å². The van der Waals surface area contributed by atoms with Crippen molar-refractivity contribution in [1.29, 1.82) is 0 Å². The van der Waals surface area contributed by atoms with E-state index in [0.717, 1.165) is 31.7 Å². The van der Waals surface area contributed by atoms with Gasteiger partial charge < -0.3 is 15.4 Å². The number of thioether (sulfide) groups is 1. The first-order valence-corrected chi connectivity index (χ1v) is 8.92. The monoisotopic (exact) mass is 356 g/mol. The van der Waals surface area contributed by atoms with Crippen molar-refractivity contribution in [3.8, 4) is 0 Å². The zero-order chi connectivity index (χ0) is 15.4. The maximum Gasteiger partial charge on any atom is 0.228 e. The van der Waals surface area contributed by atoms with E-state index in [-0.39, 0.29) is 29.6 Å². The summed E-state index contributed by atoms with van der Waals surface area (Å²) in [7, 11) is 1.75. The van der Waals surface area contributed by atoms with E-state index in [2.05, 4.69) is 22.8 Å². The number of methoxy groups -OCH3 is 1. The molecule has 2 aliphatic rings. The van der Waals surface area contributed by atoms with Crippen LogP contribution < -0.4 is 10.6 Å². The van der Waals surface area contributed by atoms with E-state index < -0.39 is 0 Å². The van der Waals surface area contributed by atoms with Crippen molar-refractivity contribution in [3.63, 3.8) is 0 Å². The number of piperidine rings is 1. The van der Waals surface area contributed by atoms with Crippen LogP contribution in [0.5, 0.6) is 0 Å². The van der Waals surface area contributed by atoms with E-state index in [0.29, 0.717) is 13.2 Å². The molecule has 2 heterocycles. The van der Waals surface area contributed by atoms with Crippen LogP contribution in [-0.4, -0.2) is 45.0 Å². The minimum Gasteiger partial charge on any atom is -0.384 e. The molecule has 2 aliphatic heterocycles. The summed E-state index contributed by atoms with van der Waals surface area (Å²) < 4.78 is 5.42. The average Bonchev–Trinajstić information content (AvgIpc) is 2.98.